The number of fused-ring (bicyclic) bond motifs is 1. The predicted octanol–water partition coefficient (Wildman–Crippen LogP) is 5.38. The molecule has 0 spiro atoms. The van der Waals surface area contributed by atoms with Crippen LogP contribution in [0.25, 0.3) is 0 Å². The molecule has 2 fully saturated rings. The van der Waals surface area contributed by atoms with Gasteiger partial charge in [0.05, 0.1) is 5.70 Å². The first kappa shape index (κ1) is 21.1. The number of carbonyl (C=O) groups excluding carboxylic acids is 2. The van der Waals surface area contributed by atoms with Crippen LogP contribution in [0.2, 0.25) is 0 Å². The molecule has 0 aromatic rings. The van der Waals surface area contributed by atoms with E-state index in [0.29, 0.717) is 42.0 Å². The van der Waals surface area contributed by atoms with Crippen molar-refractivity contribution in [1.29, 1.82) is 0 Å². The van der Waals surface area contributed by atoms with Gasteiger partial charge in [-0.3, -0.25) is 9.59 Å². The Morgan fingerprint density at radius 3 is 2.57 bits per heavy atom. The molecular formula is C25H37NO2. The molecule has 1 N–H and O–H groups in total. The summed E-state index contributed by atoms with van der Waals surface area (Å²) < 4.78 is 0. The van der Waals surface area contributed by atoms with Crippen LogP contribution in [0.4, 0.5) is 0 Å². The van der Waals surface area contributed by atoms with Crippen LogP contribution >= 0.6 is 0 Å². The minimum Gasteiger partial charge on any atom is -0.382 e. The first-order valence-corrected chi connectivity index (χ1v) is 11.0. The molecule has 3 rings (SSSR count). The Kier molecular flexibility index (Phi) is 5.76. The maximum Gasteiger partial charge on any atom is 0.202 e. The Balaban J connectivity index is 1.83. The van der Waals surface area contributed by atoms with Gasteiger partial charge in [-0.1, -0.05) is 46.8 Å². The SMILES string of the molecule is C=C1CCC[C@H]2[C@](C)(CC3=CC(=O)C(NCC(C)C)=CC3=O)[C@@H](C)CC[C@]12C. The number of rotatable bonds is 5. The monoisotopic (exact) mass is 383 g/mol. The van der Waals surface area contributed by atoms with E-state index in [1.165, 1.54) is 30.9 Å². The molecule has 3 aliphatic rings. The smallest absolute Gasteiger partial charge is 0.202 e. The summed E-state index contributed by atoms with van der Waals surface area (Å²) >= 11 is 0. The van der Waals surface area contributed by atoms with Crippen LogP contribution in [-0.2, 0) is 9.59 Å². The molecule has 0 bridgehead atoms. The molecule has 2 saturated carbocycles. The number of nitrogens with one attached hydrogen (secondary N) is 1. The summed E-state index contributed by atoms with van der Waals surface area (Å²) in [5.74, 6) is 1.43. The van der Waals surface area contributed by atoms with Gasteiger partial charge in [0.25, 0.3) is 0 Å². The van der Waals surface area contributed by atoms with E-state index in [0.717, 1.165) is 12.8 Å². The Labute approximate surface area is 170 Å². The second-order valence-corrected chi connectivity index (χ2v) is 10.3. The minimum absolute atomic E-state index is 0.00111. The van der Waals surface area contributed by atoms with E-state index in [1.54, 1.807) is 6.08 Å². The lowest BCUT2D eigenvalue weighted by Gasteiger charge is -2.59. The maximum atomic E-state index is 12.9. The normalized spacial score (nSPS) is 36.1. The highest BCUT2D eigenvalue weighted by atomic mass is 16.1. The van der Waals surface area contributed by atoms with Crippen molar-refractivity contribution in [2.75, 3.05) is 6.54 Å². The molecule has 0 aliphatic heterocycles. The Hall–Kier alpha value is -1.64. The molecular weight excluding hydrogens is 346 g/mol. The van der Waals surface area contributed by atoms with Crippen LogP contribution in [0.3, 0.4) is 0 Å². The lowest BCUT2D eigenvalue weighted by molar-refractivity contribution is -0.116. The molecule has 0 amide bonds. The van der Waals surface area contributed by atoms with Crippen molar-refractivity contribution in [3.63, 3.8) is 0 Å². The van der Waals surface area contributed by atoms with Gasteiger partial charge in [-0.15, -0.1) is 0 Å². The lowest BCUT2D eigenvalue weighted by Crippen LogP contribution is -2.50. The van der Waals surface area contributed by atoms with E-state index < -0.39 is 0 Å². The fraction of sp³-hybridized carbons (Fsp3) is 0.680. The molecule has 0 unspecified atom stereocenters. The van der Waals surface area contributed by atoms with Gasteiger partial charge in [0.15, 0.2) is 5.78 Å². The summed E-state index contributed by atoms with van der Waals surface area (Å²) in [5.41, 5.74) is 2.72. The van der Waals surface area contributed by atoms with Gasteiger partial charge >= 0.3 is 0 Å². The molecule has 0 radical (unpaired) electrons. The Morgan fingerprint density at radius 1 is 1.18 bits per heavy atom. The van der Waals surface area contributed by atoms with E-state index >= 15 is 0 Å². The second-order valence-electron chi connectivity index (χ2n) is 10.3. The largest absolute Gasteiger partial charge is 0.382 e. The Bertz CT molecular complexity index is 744. The number of allylic oxidation sites excluding steroid dienone is 4. The van der Waals surface area contributed by atoms with E-state index in [9.17, 15) is 9.59 Å². The summed E-state index contributed by atoms with van der Waals surface area (Å²) in [6.45, 7) is 16.4. The fourth-order valence-electron chi connectivity index (χ4n) is 5.87. The van der Waals surface area contributed by atoms with Crippen molar-refractivity contribution in [1.82, 2.24) is 5.32 Å². The second kappa shape index (κ2) is 7.65. The Morgan fingerprint density at radius 2 is 1.89 bits per heavy atom. The highest BCUT2D eigenvalue weighted by molar-refractivity contribution is 6.19. The van der Waals surface area contributed by atoms with Gasteiger partial charge in [0, 0.05) is 18.2 Å². The average molecular weight is 384 g/mol. The predicted molar refractivity (Wildman–Crippen MR) is 115 cm³/mol. The summed E-state index contributed by atoms with van der Waals surface area (Å²) in [6.07, 6.45) is 9.70. The maximum absolute atomic E-state index is 12.9. The van der Waals surface area contributed by atoms with E-state index in [4.69, 9.17) is 0 Å². The highest BCUT2D eigenvalue weighted by Gasteiger charge is 2.54. The van der Waals surface area contributed by atoms with Gasteiger partial charge in [-0.05, 0) is 73.2 Å². The lowest BCUT2D eigenvalue weighted by atomic mass is 9.46. The molecule has 154 valence electrons. The van der Waals surface area contributed by atoms with Crippen LogP contribution in [0.15, 0.2) is 35.6 Å². The number of carbonyl (C=O) groups is 2. The molecule has 0 aromatic heterocycles. The van der Waals surface area contributed by atoms with Gasteiger partial charge in [-0.25, -0.2) is 0 Å². The molecule has 3 nitrogen and oxygen atoms in total. The third kappa shape index (κ3) is 3.65. The molecule has 4 atom stereocenters. The third-order valence-electron chi connectivity index (χ3n) is 8.00. The van der Waals surface area contributed by atoms with Gasteiger partial charge in [0.1, 0.15) is 0 Å². The molecule has 28 heavy (non-hydrogen) atoms. The van der Waals surface area contributed by atoms with Crippen LogP contribution in [0.1, 0.15) is 73.1 Å². The minimum atomic E-state index is -0.0573. The summed E-state index contributed by atoms with van der Waals surface area (Å²) in [5, 5.41) is 3.14. The third-order valence-corrected chi connectivity index (χ3v) is 8.00. The topological polar surface area (TPSA) is 46.2 Å². The number of hydrogen-bond acceptors (Lipinski definition) is 3. The zero-order chi connectivity index (χ0) is 20.7. The van der Waals surface area contributed by atoms with Crippen LogP contribution < -0.4 is 5.32 Å². The first-order chi connectivity index (χ1) is 13.1. The molecule has 3 aliphatic carbocycles. The van der Waals surface area contributed by atoms with Crippen molar-refractivity contribution >= 4 is 11.6 Å². The number of hydrogen-bond donors (Lipinski definition) is 1. The van der Waals surface area contributed by atoms with E-state index in [2.05, 4.69) is 46.5 Å². The van der Waals surface area contributed by atoms with Crippen molar-refractivity contribution in [2.45, 2.75) is 73.1 Å². The van der Waals surface area contributed by atoms with Crippen molar-refractivity contribution in [2.24, 2.45) is 28.6 Å². The van der Waals surface area contributed by atoms with Crippen molar-refractivity contribution < 1.29 is 9.59 Å². The standard InChI is InChI=1S/C25H37NO2/c1-16(2)15-26-20-13-21(27)19(12-22(20)28)14-25(6)18(4)10-11-24(5)17(3)8-7-9-23(24)25/h12-13,16,18,23,26H,3,7-11,14-15H2,1-2,4-6H3/t18-,23+,24+,25+/m0/s1. The fourth-order valence-corrected chi connectivity index (χ4v) is 5.87. The van der Waals surface area contributed by atoms with Crippen molar-refractivity contribution in [3.05, 3.63) is 35.6 Å². The molecule has 0 saturated heterocycles. The van der Waals surface area contributed by atoms with Crippen molar-refractivity contribution in [3.8, 4) is 0 Å². The molecule has 3 heteroatoms. The van der Waals surface area contributed by atoms with Crippen LogP contribution in [-0.4, -0.2) is 18.1 Å². The molecule has 0 aromatic carbocycles. The van der Waals surface area contributed by atoms with Gasteiger partial charge in [-0.2, -0.15) is 0 Å². The van der Waals surface area contributed by atoms with E-state index in [1.807, 2.05) is 0 Å². The highest BCUT2D eigenvalue weighted by Crippen LogP contribution is 2.63. The van der Waals surface area contributed by atoms with E-state index in [-0.39, 0.29) is 22.4 Å². The number of ketones is 2. The van der Waals surface area contributed by atoms with Crippen LogP contribution in [0, 0.1) is 28.6 Å². The van der Waals surface area contributed by atoms with Crippen LogP contribution in [0.5, 0.6) is 0 Å². The summed E-state index contributed by atoms with van der Waals surface area (Å²) in [7, 11) is 0. The zero-order valence-corrected chi connectivity index (χ0v) is 18.4. The van der Waals surface area contributed by atoms with Gasteiger partial charge < -0.3 is 5.32 Å². The quantitative estimate of drug-likeness (QED) is 0.512. The van der Waals surface area contributed by atoms with Gasteiger partial charge in [0.2, 0.25) is 5.78 Å². The summed E-state index contributed by atoms with van der Waals surface area (Å²) in [4.78, 5) is 25.5. The zero-order valence-electron chi connectivity index (χ0n) is 18.4. The molecule has 0 heterocycles. The first-order valence-electron chi connectivity index (χ1n) is 11.0. The average Bonchev–Trinajstić information content (AvgIpc) is 2.62. The summed E-state index contributed by atoms with van der Waals surface area (Å²) in [6, 6.07) is 0.